The Balaban J connectivity index is 1.44. The summed E-state index contributed by atoms with van der Waals surface area (Å²) in [6, 6.07) is 8.50. The van der Waals surface area contributed by atoms with Crippen LogP contribution >= 0.6 is 0 Å². The summed E-state index contributed by atoms with van der Waals surface area (Å²) in [6.07, 6.45) is 8.12. The van der Waals surface area contributed by atoms with E-state index in [9.17, 15) is 13.7 Å². The average molecular weight is 455 g/mol. The highest BCUT2D eigenvalue weighted by Crippen LogP contribution is 2.28. The van der Waals surface area contributed by atoms with Gasteiger partial charge >= 0.3 is 0 Å². The third-order valence-corrected chi connectivity index (χ3v) is 7.41. The van der Waals surface area contributed by atoms with Gasteiger partial charge in [0.15, 0.2) is 0 Å². The van der Waals surface area contributed by atoms with E-state index >= 15 is 0 Å². The van der Waals surface area contributed by atoms with Gasteiger partial charge in [0.1, 0.15) is 6.07 Å². The zero-order valence-electron chi connectivity index (χ0n) is 17.9. The second kappa shape index (κ2) is 9.54. The Hall–Kier alpha value is -3.16. The molecule has 0 spiro atoms. The second-order valence-corrected chi connectivity index (χ2v) is 9.96. The van der Waals surface area contributed by atoms with Crippen molar-refractivity contribution in [2.24, 2.45) is 5.92 Å². The summed E-state index contributed by atoms with van der Waals surface area (Å²) in [5.74, 6) is 0.946. The predicted octanol–water partition coefficient (Wildman–Crippen LogP) is 3.33. The number of nitriles is 1. The lowest BCUT2D eigenvalue weighted by Crippen LogP contribution is -2.39. The van der Waals surface area contributed by atoms with Crippen LogP contribution in [0.1, 0.15) is 31.9 Å². The molecule has 0 amide bonds. The molecule has 1 aliphatic rings. The largest absolute Gasteiger partial charge is 0.419 e. The number of hydrogen-bond acceptors (Lipinski definition) is 7. The number of nitrogens with zero attached hydrogens (tertiary/aromatic N) is 5. The fraction of sp³-hybridized carbons (Fsp3) is 0.409. The van der Waals surface area contributed by atoms with Crippen LogP contribution in [0.4, 0.5) is 5.88 Å². The smallest absolute Gasteiger partial charge is 0.243 e. The van der Waals surface area contributed by atoms with E-state index in [-0.39, 0.29) is 16.5 Å². The highest BCUT2D eigenvalue weighted by atomic mass is 32.2. The Morgan fingerprint density at radius 3 is 2.81 bits per heavy atom. The van der Waals surface area contributed by atoms with Crippen molar-refractivity contribution in [2.45, 2.75) is 37.6 Å². The lowest BCUT2D eigenvalue weighted by molar-refractivity contribution is 0.281. The summed E-state index contributed by atoms with van der Waals surface area (Å²) in [6.45, 7) is 4.57. The molecule has 1 atom stereocenters. The number of imidazole rings is 1. The molecule has 32 heavy (non-hydrogen) atoms. The number of oxazole rings is 1. The number of aryl methyl sites for hydroxylation is 1. The molecular weight excluding hydrogens is 428 g/mol. The van der Waals surface area contributed by atoms with Crippen LogP contribution in [0, 0.1) is 17.2 Å². The van der Waals surface area contributed by atoms with E-state index in [1.54, 1.807) is 41.1 Å². The summed E-state index contributed by atoms with van der Waals surface area (Å²) in [5.41, 5.74) is 0.778. The van der Waals surface area contributed by atoms with E-state index in [2.05, 4.69) is 22.2 Å². The van der Waals surface area contributed by atoms with Gasteiger partial charge in [-0.15, -0.1) is 0 Å². The van der Waals surface area contributed by atoms with Crippen LogP contribution in [0.15, 0.2) is 52.3 Å². The number of benzene rings is 1. The van der Waals surface area contributed by atoms with Crippen molar-refractivity contribution in [3.05, 3.63) is 48.7 Å². The van der Waals surface area contributed by atoms with E-state index in [1.165, 1.54) is 0 Å². The molecular formula is C22H26N6O3S. The van der Waals surface area contributed by atoms with Gasteiger partial charge in [0.2, 0.25) is 27.5 Å². The van der Waals surface area contributed by atoms with Crippen molar-refractivity contribution in [2.75, 3.05) is 25.0 Å². The molecule has 2 aromatic heterocycles. The van der Waals surface area contributed by atoms with Crippen LogP contribution in [0.5, 0.6) is 0 Å². The molecule has 9 nitrogen and oxygen atoms in total. The molecule has 0 aliphatic carbocycles. The van der Waals surface area contributed by atoms with E-state index in [4.69, 9.17) is 4.42 Å². The van der Waals surface area contributed by atoms with Crippen LogP contribution in [0.2, 0.25) is 0 Å². The van der Waals surface area contributed by atoms with Crippen molar-refractivity contribution in [3.63, 3.8) is 0 Å². The quantitative estimate of drug-likeness (QED) is 0.519. The molecule has 1 unspecified atom stereocenters. The van der Waals surface area contributed by atoms with E-state index in [0.29, 0.717) is 37.0 Å². The van der Waals surface area contributed by atoms with Gasteiger partial charge in [0.05, 0.1) is 11.2 Å². The molecule has 3 heterocycles. The van der Waals surface area contributed by atoms with Gasteiger partial charge in [-0.1, -0.05) is 6.92 Å². The van der Waals surface area contributed by atoms with Crippen LogP contribution in [0.3, 0.4) is 0 Å². The number of rotatable bonds is 8. The molecule has 0 bridgehead atoms. The topological polar surface area (TPSA) is 117 Å². The standard InChI is InChI=1S/C22H26N6O3S/c1-17-4-2-12-28(15-17)32(29,30)19-7-5-18(6-8-19)21-26-20(14-23)22(31-21)25-9-3-11-27-13-10-24-16-27/h5-8,10,13,16-17,25H,2-4,9,11-12,15H2,1H3. The second-order valence-electron chi connectivity index (χ2n) is 8.02. The molecule has 0 radical (unpaired) electrons. The Bertz CT molecular complexity index is 1180. The molecule has 0 saturated carbocycles. The number of anilines is 1. The first-order valence-corrected chi connectivity index (χ1v) is 12.1. The van der Waals surface area contributed by atoms with Gasteiger partial charge < -0.3 is 14.3 Å². The highest BCUT2D eigenvalue weighted by molar-refractivity contribution is 7.89. The van der Waals surface area contributed by atoms with Crippen molar-refractivity contribution < 1.29 is 12.8 Å². The fourth-order valence-corrected chi connectivity index (χ4v) is 5.40. The molecule has 168 valence electrons. The van der Waals surface area contributed by atoms with Crippen LogP contribution in [0.25, 0.3) is 11.5 Å². The molecule has 4 rings (SSSR count). The van der Waals surface area contributed by atoms with E-state index < -0.39 is 10.0 Å². The number of nitrogens with one attached hydrogen (secondary N) is 1. The maximum absolute atomic E-state index is 12.9. The third kappa shape index (κ3) is 4.84. The van der Waals surface area contributed by atoms with Gasteiger partial charge in [0.25, 0.3) is 0 Å². The van der Waals surface area contributed by atoms with E-state index in [1.807, 2.05) is 16.8 Å². The van der Waals surface area contributed by atoms with Gasteiger partial charge in [-0.3, -0.25) is 0 Å². The Labute approximate surface area is 187 Å². The van der Waals surface area contributed by atoms with Crippen LogP contribution in [-0.4, -0.2) is 46.9 Å². The zero-order valence-corrected chi connectivity index (χ0v) is 18.8. The molecule has 1 N–H and O–H groups in total. The van der Waals surface area contributed by atoms with E-state index in [0.717, 1.165) is 25.8 Å². The molecule has 1 aromatic carbocycles. The number of aromatic nitrogens is 3. The van der Waals surface area contributed by atoms with Crippen molar-refractivity contribution in [3.8, 4) is 17.5 Å². The molecule has 1 saturated heterocycles. The Morgan fingerprint density at radius 1 is 1.31 bits per heavy atom. The number of piperidine rings is 1. The summed E-state index contributed by atoms with van der Waals surface area (Å²) in [7, 11) is -3.52. The summed E-state index contributed by atoms with van der Waals surface area (Å²) < 4.78 is 35.2. The molecule has 1 aliphatic heterocycles. The maximum Gasteiger partial charge on any atom is 0.243 e. The number of hydrogen-bond donors (Lipinski definition) is 1. The van der Waals surface area contributed by atoms with Crippen molar-refractivity contribution >= 4 is 15.9 Å². The molecule has 1 fully saturated rings. The predicted molar refractivity (Wildman–Crippen MR) is 119 cm³/mol. The Morgan fingerprint density at radius 2 is 2.12 bits per heavy atom. The minimum Gasteiger partial charge on any atom is -0.419 e. The number of sulfonamides is 1. The average Bonchev–Trinajstić information content (AvgIpc) is 3.46. The van der Waals surface area contributed by atoms with Gasteiger partial charge in [-0.2, -0.15) is 14.6 Å². The Kier molecular flexibility index (Phi) is 6.58. The molecule has 3 aromatic rings. The third-order valence-electron chi connectivity index (χ3n) is 5.53. The zero-order chi connectivity index (χ0) is 22.6. The molecule has 10 heteroatoms. The fourth-order valence-electron chi connectivity index (χ4n) is 3.80. The van der Waals surface area contributed by atoms with Crippen molar-refractivity contribution in [1.82, 2.24) is 18.8 Å². The lowest BCUT2D eigenvalue weighted by atomic mass is 10.0. The maximum atomic E-state index is 12.9. The van der Waals surface area contributed by atoms with Crippen LogP contribution in [-0.2, 0) is 16.6 Å². The monoisotopic (exact) mass is 454 g/mol. The highest BCUT2D eigenvalue weighted by Gasteiger charge is 2.28. The van der Waals surface area contributed by atoms with Crippen LogP contribution < -0.4 is 5.32 Å². The minimum absolute atomic E-state index is 0.168. The lowest BCUT2D eigenvalue weighted by Gasteiger charge is -2.30. The minimum atomic E-state index is -3.52. The summed E-state index contributed by atoms with van der Waals surface area (Å²) in [5, 5.41) is 12.5. The summed E-state index contributed by atoms with van der Waals surface area (Å²) >= 11 is 0. The van der Waals surface area contributed by atoms with Gasteiger partial charge in [-0.05, 0) is 49.4 Å². The normalized spacial score (nSPS) is 17.2. The van der Waals surface area contributed by atoms with Gasteiger partial charge in [-0.25, -0.2) is 13.4 Å². The summed E-state index contributed by atoms with van der Waals surface area (Å²) in [4.78, 5) is 8.51. The van der Waals surface area contributed by atoms with Crippen molar-refractivity contribution in [1.29, 1.82) is 5.26 Å². The first kappa shape index (κ1) is 22.0. The first-order valence-electron chi connectivity index (χ1n) is 10.7. The van der Waals surface area contributed by atoms with Gasteiger partial charge in [0, 0.05) is 44.1 Å². The first-order chi connectivity index (χ1) is 15.5. The SMILES string of the molecule is CC1CCCN(S(=O)(=O)c2ccc(-c3nc(C#N)c(NCCCn4ccnc4)o3)cc2)C1.